The fourth-order valence-corrected chi connectivity index (χ4v) is 2.55. The Hall–Kier alpha value is -1.40. The number of nitrogens with one attached hydrogen (secondary N) is 2. The molecule has 1 aromatic heterocycles. The summed E-state index contributed by atoms with van der Waals surface area (Å²) in [5.74, 6) is 0.0675. The standard InChI is InChI=1S/C14H24N4O2/c1-10-7-11(2)18(17-10)6-4-5-15-14(19)13-8-12(20-3)9-16-13/h7,12-13,16H,4-6,8-9H2,1-3H3,(H,15,19). The summed E-state index contributed by atoms with van der Waals surface area (Å²) >= 11 is 0. The molecule has 1 aliphatic heterocycles. The fourth-order valence-electron chi connectivity index (χ4n) is 2.55. The van der Waals surface area contributed by atoms with Gasteiger partial charge in [0.1, 0.15) is 0 Å². The molecule has 1 fully saturated rings. The second-order valence-corrected chi connectivity index (χ2v) is 5.35. The first kappa shape index (κ1) is 15.0. The highest BCUT2D eigenvalue weighted by Gasteiger charge is 2.28. The third-order valence-electron chi connectivity index (χ3n) is 3.69. The summed E-state index contributed by atoms with van der Waals surface area (Å²) in [6.45, 7) is 6.29. The third kappa shape index (κ3) is 3.80. The van der Waals surface area contributed by atoms with Crippen LogP contribution in [0.3, 0.4) is 0 Å². The molecule has 2 heterocycles. The zero-order valence-corrected chi connectivity index (χ0v) is 12.5. The van der Waals surface area contributed by atoms with E-state index < -0.39 is 0 Å². The molecule has 0 spiro atoms. The molecule has 1 saturated heterocycles. The third-order valence-corrected chi connectivity index (χ3v) is 3.69. The van der Waals surface area contributed by atoms with E-state index in [4.69, 9.17) is 4.74 Å². The molecule has 0 aliphatic carbocycles. The van der Waals surface area contributed by atoms with Gasteiger partial charge in [0.05, 0.1) is 17.8 Å². The first-order valence-corrected chi connectivity index (χ1v) is 7.15. The molecule has 2 unspecified atom stereocenters. The van der Waals surface area contributed by atoms with E-state index in [0.717, 1.165) is 37.3 Å². The van der Waals surface area contributed by atoms with Gasteiger partial charge in [-0.1, -0.05) is 0 Å². The van der Waals surface area contributed by atoms with Gasteiger partial charge in [-0.25, -0.2) is 0 Å². The van der Waals surface area contributed by atoms with Crippen molar-refractivity contribution in [2.45, 2.75) is 45.4 Å². The van der Waals surface area contributed by atoms with Gasteiger partial charge in [0.25, 0.3) is 0 Å². The van der Waals surface area contributed by atoms with Crippen molar-refractivity contribution in [2.75, 3.05) is 20.2 Å². The van der Waals surface area contributed by atoms with E-state index in [1.165, 1.54) is 0 Å². The summed E-state index contributed by atoms with van der Waals surface area (Å²) in [6, 6.07) is 1.94. The zero-order valence-electron chi connectivity index (χ0n) is 12.5. The van der Waals surface area contributed by atoms with Gasteiger partial charge in [-0.15, -0.1) is 0 Å². The van der Waals surface area contributed by atoms with Crippen LogP contribution in [0.25, 0.3) is 0 Å². The minimum absolute atomic E-state index is 0.0675. The average Bonchev–Trinajstić information content (AvgIpc) is 3.01. The fraction of sp³-hybridized carbons (Fsp3) is 0.714. The molecule has 112 valence electrons. The van der Waals surface area contributed by atoms with E-state index in [-0.39, 0.29) is 18.1 Å². The van der Waals surface area contributed by atoms with E-state index in [2.05, 4.69) is 21.8 Å². The second-order valence-electron chi connectivity index (χ2n) is 5.35. The predicted molar refractivity (Wildman–Crippen MR) is 76.5 cm³/mol. The SMILES string of the molecule is COC1CNC(C(=O)NCCCn2nc(C)cc2C)C1. The minimum Gasteiger partial charge on any atom is -0.380 e. The normalized spacial score (nSPS) is 22.1. The number of hydrogen-bond acceptors (Lipinski definition) is 4. The zero-order chi connectivity index (χ0) is 14.5. The van der Waals surface area contributed by atoms with Crippen molar-refractivity contribution in [3.05, 3.63) is 17.5 Å². The van der Waals surface area contributed by atoms with Crippen molar-refractivity contribution in [1.82, 2.24) is 20.4 Å². The van der Waals surface area contributed by atoms with Crippen molar-refractivity contribution in [2.24, 2.45) is 0 Å². The minimum atomic E-state index is -0.117. The van der Waals surface area contributed by atoms with Crippen LogP contribution >= 0.6 is 0 Å². The number of hydrogen-bond donors (Lipinski definition) is 2. The maximum absolute atomic E-state index is 11.9. The number of carbonyl (C=O) groups is 1. The van der Waals surface area contributed by atoms with E-state index >= 15 is 0 Å². The Balaban J connectivity index is 1.66. The Morgan fingerprint density at radius 1 is 1.60 bits per heavy atom. The molecule has 0 radical (unpaired) electrons. The molecule has 2 rings (SSSR count). The maximum atomic E-state index is 11.9. The number of aromatic nitrogens is 2. The van der Waals surface area contributed by atoms with Crippen LogP contribution in [-0.4, -0.2) is 48.0 Å². The smallest absolute Gasteiger partial charge is 0.237 e. The van der Waals surface area contributed by atoms with Gasteiger partial charge in [0.2, 0.25) is 5.91 Å². The van der Waals surface area contributed by atoms with Crippen LogP contribution < -0.4 is 10.6 Å². The van der Waals surface area contributed by atoms with Gasteiger partial charge in [-0.05, 0) is 32.8 Å². The molecular formula is C14H24N4O2. The van der Waals surface area contributed by atoms with Crippen molar-refractivity contribution >= 4 is 5.91 Å². The lowest BCUT2D eigenvalue weighted by atomic mass is 10.2. The summed E-state index contributed by atoms with van der Waals surface area (Å²) in [6.07, 6.45) is 1.79. The lowest BCUT2D eigenvalue weighted by Crippen LogP contribution is -2.40. The van der Waals surface area contributed by atoms with Crippen LogP contribution in [0.5, 0.6) is 0 Å². The Bertz CT molecular complexity index is 458. The van der Waals surface area contributed by atoms with Gasteiger partial charge >= 0.3 is 0 Å². The molecule has 0 saturated carbocycles. The molecule has 1 aliphatic rings. The van der Waals surface area contributed by atoms with Crippen LogP contribution in [0.1, 0.15) is 24.2 Å². The molecule has 6 nitrogen and oxygen atoms in total. The number of ether oxygens (including phenoxy) is 1. The average molecular weight is 280 g/mol. The van der Waals surface area contributed by atoms with Crippen LogP contribution in [0.4, 0.5) is 0 Å². The molecule has 1 amide bonds. The van der Waals surface area contributed by atoms with Crippen molar-refractivity contribution < 1.29 is 9.53 Å². The number of carbonyl (C=O) groups excluding carboxylic acids is 1. The van der Waals surface area contributed by atoms with Crippen LogP contribution in [0, 0.1) is 13.8 Å². The number of amides is 1. The molecule has 0 aromatic carbocycles. The topological polar surface area (TPSA) is 68.2 Å². The summed E-state index contributed by atoms with van der Waals surface area (Å²) in [7, 11) is 1.68. The number of rotatable bonds is 6. The van der Waals surface area contributed by atoms with Gasteiger partial charge in [-0.3, -0.25) is 9.48 Å². The Morgan fingerprint density at radius 3 is 3.00 bits per heavy atom. The highest BCUT2D eigenvalue weighted by molar-refractivity contribution is 5.82. The highest BCUT2D eigenvalue weighted by Crippen LogP contribution is 2.09. The van der Waals surface area contributed by atoms with Crippen molar-refractivity contribution in [3.8, 4) is 0 Å². The van der Waals surface area contributed by atoms with Crippen LogP contribution in [0.2, 0.25) is 0 Å². The number of nitrogens with zero attached hydrogens (tertiary/aromatic N) is 2. The summed E-state index contributed by atoms with van der Waals surface area (Å²) < 4.78 is 7.22. The number of methoxy groups -OCH3 is 1. The summed E-state index contributed by atoms with van der Waals surface area (Å²) in [5, 5.41) is 10.5. The van der Waals surface area contributed by atoms with Gasteiger partial charge in [0, 0.05) is 32.4 Å². The van der Waals surface area contributed by atoms with Crippen LogP contribution in [-0.2, 0) is 16.1 Å². The monoisotopic (exact) mass is 280 g/mol. The lowest BCUT2D eigenvalue weighted by Gasteiger charge is -2.11. The van der Waals surface area contributed by atoms with E-state index in [1.807, 2.05) is 18.5 Å². The molecule has 20 heavy (non-hydrogen) atoms. The quantitative estimate of drug-likeness (QED) is 0.739. The van der Waals surface area contributed by atoms with E-state index in [9.17, 15) is 4.79 Å². The maximum Gasteiger partial charge on any atom is 0.237 e. The molecule has 2 atom stereocenters. The molecular weight excluding hydrogens is 256 g/mol. The lowest BCUT2D eigenvalue weighted by molar-refractivity contribution is -0.122. The Labute approximate surface area is 119 Å². The highest BCUT2D eigenvalue weighted by atomic mass is 16.5. The van der Waals surface area contributed by atoms with Gasteiger partial charge in [0.15, 0.2) is 0 Å². The molecule has 1 aromatic rings. The molecule has 6 heteroatoms. The van der Waals surface area contributed by atoms with E-state index in [1.54, 1.807) is 7.11 Å². The second kappa shape index (κ2) is 6.85. The Morgan fingerprint density at radius 2 is 2.40 bits per heavy atom. The van der Waals surface area contributed by atoms with Crippen molar-refractivity contribution in [1.29, 1.82) is 0 Å². The summed E-state index contributed by atoms with van der Waals surface area (Å²) in [4.78, 5) is 11.9. The predicted octanol–water partition coefficient (Wildman–Crippen LogP) is 0.383. The Kier molecular flexibility index (Phi) is 5.14. The van der Waals surface area contributed by atoms with E-state index in [0.29, 0.717) is 6.54 Å². The van der Waals surface area contributed by atoms with Gasteiger partial charge < -0.3 is 15.4 Å². The first-order chi connectivity index (χ1) is 9.60. The largest absolute Gasteiger partial charge is 0.380 e. The van der Waals surface area contributed by atoms with Crippen molar-refractivity contribution in [3.63, 3.8) is 0 Å². The summed E-state index contributed by atoms with van der Waals surface area (Å²) in [5.41, 5.74) is 2.20. The van der Waals surface area contributed by atoms with Crippen LogP contribution in [0.15, 0.2) is 6.07 Å². The first-order valence-electron chi connectivity index (χ1n) is 7.15. The molecule has 0 bridgehead atoms. The number of aryl methyl sites for hydroxylation is 3. The van der Waals surface area contributed by atoms with Gasteiger partial charge in [-0.2, -0.15) is 5.10 Å². The molecule has 2 N–H and O–H groups in total.